The van der Waals surface area contributed by atoms with Crippen molar-refractivity contribution in [3.05, 3.63) is 69.5 Å². The molecule has 3 aromatic rings. The van der Waals surface area contributed by atoms with Gasteiger partial charge < -0.3 is 10.1 Å². The number of fused-ring (bicyclic) bond motifs is 6. The van der Waals surface area contributed by atoms with Crippen molar-refractivity contribution in [3.8, 4) is 0 Å². The van der Waals surface area contributed by atoms with Gasteiger partial charge in [-0.3, -0.25) is 14.9 Å². The SMILES string of the molecule is COC(=O)c1ccc(NC(=O)C23CCC(C)(c4nc5ccc([N+](=O)[O-])cc5nc42)C3(C)C)cc1. The van der Waals surface area contributed by atoms with Gasteiger partial charge in [0.05, 0.1) is 45.4 Å². The minimum atomic E-state index is -0.954. The number of rotatable bonds is 4. The Hall–Kier alpha value is -3.88. The van der Waals surface area contributed by atoms with E-state index in [1.807, 2.05) is 0 Å². The quantitative estimate of drug-likeness (QED) is 0.350. The van der Waals surface area contributed by atoms with Crippen molar-refractivity contribution < 1.29 is 19.2 Å². The molecule has 2 aliphatic rings. The monoisotopic (exact) mass is 460 g/mol. The lowest BCUT2D eigenvalue weighted by atomic mass is 9.63. The van der Waals surface area contributed by atoms with E-state index >= 15 is 0 Å². The molecule has 1 heterocycles. The number of nitrogens with one attached hydrogen (secondary N) is 1. The predicted molar refractivity (Wildman–Crippen MR) is 125 cm³/mol. The van der Waals surface area contributed by atoms with E-state index in [-0.39, 0.29) is 17.0 Å². The van der Waals surface area contributed by atoms with E-state index in [4.69, 9.17) is 14.7 Å². The molecular weight excluding hydrogens is 436 g/mol. The zero-order chi connectivity index (χ0) is 24.5. The molecule has 174 valence electrons. The lowest BCUT2D eigenvalue weighted by molar-refractivity contribution is -0.384. The highest BCUT2D eigenvalue weighted by molar-refractivity contribution is 6.02. The van der Waals surface area contributed by atoms with E-state index in [9.17, 15) is 19.7 Å². The van der Waals surface area contributed by atoms with Crippen LogP contribution in [0.4, 0.5) is 11.4 Å². The Morgan fingerprint density at radius 2 is 1.68 bits per heavy atom. The molecule has 0 saturated heterocycles. The number of nitro benzene ring substituents is 1. The van der Waals surface area contributed by atoms with Gasteiger partial charge in [0.1, 0.15) is 0 Å². The number of ether oxygens (including phenoxy) is 1. The number of benzene rings is 2. The highest BCUT2D eigenvalue weighted by Crippen LogP contribution is 2.70. The van der Waals surface area contributed by atoms with E-state index in [2.05, 4.69) is 26.1 Å². The maximum Gasteiger partial charge on any atom is 0.337 e. The smallest absolute Gasteiger partial charge is 0.337 e. The fourth-order valence-corrected chi connectivity index (χ4v) is 5.75. The number of nitrogens with zero attached hydrogens (tertiary/aromatic N) is 3. The van der Waals surface area contributed by atoms with E-state index < -0.39 is 21.7 Å². The van der Waals surface area contributed by atoms with Gasteiger partial charge in [0.2, 0.25) is 5.91 Å². The highest BCUT2D eigenvalue weighted by atomic mass is 16.6. The molecule has 2 aromatic carbocycles. The fourth-order valence-electron chi connectivity index (χ4n) is 5.75. The summed E-state index contributed by atoms with van der Waals surface area (Å²) < 4.78 is 4.73. The summed E-state index contributed by atoms with van der Waals surface area (Å²) in [5.41, 5.74) is 1.37. The van der Waals surface area contributed by atoms with Crippen LogP contribution in [0.2, 0.25) is 0 Å². The number of hydrogen-bond donors (Lipinski definition) is 1. The maximum absolute atomic E-state index is 13.9. The summed E-state index contributed by atoms with van der Waals surface area (Å²) in [4.78, 5) is 46.1. The van der Waals surface area contributed by atoms with Gasteiger partial charge in [0.25, 0.3) is 5.69 Å². The molecule has 2 aliphatic carbocycles. The van der Waals surface area contributed by atoms with Gasteiger partial charge in [0, 0.05) is 23.2 Å². The lowest BCUT2D eigenvalue weighted by Crippen LogP contribution is -2.48. The first-order valence-electron chi connectivity index (χ1n) is 11.0. The second-order valence-corrected chi connectivity index (χ2v) is 9.74. The third kappa shape index (κ3) is 2.66. The Balaban J connectivity index is 1.61. The Labute approximate surface area is 195 Å². The van der Waals surface area contributed by atoms with Crippen LogP contribution in [-0.2, 0) is 20.4 Å². The van der Waals surface area contributed by atoms with Crippen LogP contribution in [0.25, 0.3) is 11.0 Å². The molecule has 2 atom stereocenters. The van der Waals surface area contributed by atoms with Gasteiger partial charge in [-0.05, 0) is 48.6 Å². The number of aromatic nitrogens is 2. The number of nitro groups is 1. The first-order chi connectivity index (χ1) is 16.0. The van der Waals surface area contributed by atoms with Crippen LogP contribution in [0.5, 0.6) is 0 Å². The second-order valence-electron chi connectivity index (χ2n) is 9.74. The van der Waals surface area contributed by atoms with Gasteiger partial charge >= 0.3 is 5.97 Å². The van der Waals surface area contributed by atoms with E-state index in [0.717, 1.165) is 12.1 Å². The summed E-state index contributed by atoms with van der Waals surface area (Å²) in [6.07, 6.45) is 1.36. The summed E-state index contributed by atoms with van der Waals surface area (Å²) in [7, 11) is 1.31. The molecule has 1 aromatic heterocycles. The molecule has 2 unspecified atom stereocenters. The number of amides is 1. The minimum absolute atomic E-state index is 0.0698. The van der Waals surface area contributed by atoms with Crippen LogP contribution in [0, 0.1) is 15.5 Å². The van der Waals surface area contributed by atoms with E-state index in [1.54, 1.807) is 30.3 Å². The third-order valence-corrected chi connectivity index (χ3v) is 8.18. The van der Waals surface area contributed by atoms with Crippen molar-refractivity contribution in [1.82, 2.24) is 9.97 Å². The molecule has 1 amide bonds. The molecule has 9 heteroatoms. The average molecular weight is 460 g/mol. The maximum atomic E-state index is 13.9. The molecule has 1 saturated carbocycles. The number of carbonyl (C=O) groups excluding carboxylic acids is 2. The lowest BCUT2D eigenvalue weighted by Gasteiger charge is -2.39. The van der Waals surface area contributed by atoms with Gasteiger partial charge in [-0.1, -0.05) is 20.8 Å². The molecule has 9 nitrogen and oxygen atoms in total. The number of carbonyl (C=O) groups is 2. The van der Waals surface area contributed by atoms with Gasteiger partial charge in [-0.2, -0.15) is 0 Å². The van der Waals surface area contributed by atoms with Crippen molar-refractivity contribution in [2.24, 2.45) is 5.41 Å². The number of anilines is 1. The van der Waals surface area contributed by atoms with Crippen LogP contribution in [0.1, 0.15) is 55.4 Å². The van der Waals surface area contributed by atoms with Crippen molar-refractivity contribution in [3.63, 3.8) is 0 Å². The Kier molecular flexibility index (Phi) is 4.55. The van der Waals surface area contributed by atoms with E-state index in [0.29, 0.717) is 34.4 Å². The zero-order valence-electron chi connectivity index (χ0n) is 19.3. The van der Waals surface area contributed by atoms with Crippen LogP contribution in [0.15, 0.2) is 42.5 Å². The largest absolute Gasteiger partial charge is 0.465 e. The van der Waals surface area contributed by atoms with Gasteiger partial charge in [0.15, 0.2) is 0 Å². The van der Waals surface area contributed by atoms with Crippen molar-refractivity contribution in [2.75, 3.05) is 12.4 Å². The fraction of sp³-hybridized carbons (Fsp3) is 0.360. The first-order valence-corrected chi connectivity index (χ1v) is 11.0. The molecule has 0 aliphatic heterocycles. The van der Waals surface area contributed by atoms with Crippen molar-refractivity contribution in [2.45, 2.75) is 44.4 Å². The van der Waals surface area contributed by atoms with Gasteiger partial charge in [-0.25, -0.2) is 14.8 Å². The number of non-ortho nitro benzene ring substituents is 1. The molecule has 0 spiro atoms. The molecule has 2 bridgehead atoms. The second kappa shape index (κ2) is 7.06. The third-order valence-electron chi connectivity index (χ3n) is 8.18. The number of hydrogen-bond acceptors (Lipinski definition) is 7. The summed E-state index contributed by atoms with van der Waals surface area (Å²) >= 11 is 0. The highest BCUT2D eigenvalue weighted by Gasteiger charge is 2.73. The normalized spacial score (nSPS) is 24.0. The minimum Gasteiger partial charge on any atom is -0.465 e. The van der Waals surface area contributed by atoms with Crippen LogP contribution in [0.3, 0.4) is 0 Å². The molecular formula is C25H24N4O5. The van der Waals surface area contributed by atoms with Crippen LogP contribution >= 0.6 is 0 Å². The van der Waals surface area contributed by atoms with Crippen LogP contribution in [-0.4, -0.2) is 33.9 Å². The topological polar surface area (TPSA) is 124 Å². The Morgan fingerprint density at radius 1 is 1.00 bits per heavy atom. The Morgan fingerprint density at radius 3 is 2.32 bits per heavy atom. The van der Waals surface area contributed by atoms with Crippen LogP contribution < -0.4 is 5.32 Å². The summed E-state index contributed by atoms with van der Waals surface area (Å²) in [6, 6.07) is 10.9. The zero-order valence-corrected chi connectivity index (χ0v) is 19.3. The molecule has 1 N–H and O–H groups in total. The summed E-state index contributed by atoms with van der Waals surface area (Å²) in [6.45, 7) is 6.25. The predicted octanol–water partition coefficient (Wildman–Crippen LogP) is 4.29. The van der Waals surface area contributed by atoms with E-state index in [1.165, 1.54) is 19.2 Å². The number of methoxy groups -OCH3 is 1. The number of esters is 1. The first kappa shape index (κ1) is 21.9. The average Bonchev–Trinajstić information content (AvgIpc) is 3.12. The molecule has 1 fully saturated rings. The summed E-state index contributed by atoms with van der Waals surface area (Å²) in [5.74, 6) is -0.657. The van der Waals surface area contributed by atoms with Crippen molar-refractivity contribution in [1.29, 1.82) is 0 Å². The molecule has 5 rings (SSSR count). The van der Waals surface area contributed by atoms with Gasteiger partial charge in [-0.15, -0.1) is 0 Å². The summed E-state index contributed by atoms with van der Waals surface area (Å²) in [5, 5.41) is 14.3. The molecule has 0 radical (unpaired) electrons. The Bertz CT molecular complexity index is 1380. The standard InChI is InChI=1S/C25H24N4O5/c1-23(2)24(3)11-12-25(23,22(31)26-15-7-5-14(6-8-15)21(30)34-4)20-19(24)27-17-10-9-16(29(32)33)13-18(17)28-20/h5-10,13H,11-12H2,1-4H3,(H,26,31). The van der Waals surface area contributed by atoms with Crippen molar-refractivity contribution >= 4 is 34.3 Å². The molecule has 34 heavy (non-hydrogen) atoms.